The average molecular weight is 333 g/mol. The van der Waals surface area contributed by atoms with Gasteiger partial charge < -0.3 is 9.80 Å². The molecule has 102 valence electrons. The molecule has 1 aromatic heterocycles. The molecule has 0 fully saturated rings. The number of thiophene rings is 1. The highest BCUT2D eigenvalue weighted by Gasteiger charge is 2.17. The number of aryl methyl sites for hydroxylation is 1. The van der Waals surface area contributed by atoms with Gasteiger partial charge in [0.1, 0.15) is 0 Å². The fraction of sp³-hybridized carbons (Fsp3) is 0.615. The fourth-order valence-corrected chi connectivity index (χ4v) is 3.20. The summed E-state index contributed by atoms with van der Waals surface area (Å²) in [5.74, 6) is 0.148. The number of hydrogen-bond acceptors (Lipinski definition) is 3. The summed E-state index contributed by atoms with van der Waals surface area (Å²) in [4.78, 5) is 17.2. The van der Waals surface area contributed by atoms with E-state index in [0.717, 1.165) is 40.3 Å². The third-order valence-electron chi connectivity index (χ3n) is 2.77. The summed E-state index contributed by atoms with van der Waals surface area (Å²) in [6, 6.07) is 1.96. The lowest BCUT2D eigenvalue weighted by Crippen LogP contribution is -2.32. The lowest BCUT2D eigenvalue weighted by atomic mass is 10.3. The molecule has 18 heavy (non-hydrogen) atoms. The van der Waals surface area contributed by atoms with Crippen molar-refractivity contribution in [1.29, 1.82) is 0 Å². The zero-order chi connectivity index (χ0) is 13.7. The predicted octanol–water partition coefficient (Wildman–Crippen LogP) is 3.23. The van der Waals surface area contributed by atoms with Crippen LogP contribution < -0.4 is 0 Å². The van der Waals surface area contributed by atoms with E-state index in [-0.39, 0.29) is 5.91 Å². The third kappa shape index (κ3) is 4.37. The van der Waals surface area contributed by atoms with Crippen LogP contribution >= 0.6 is 27.3 Å². The first-order valence-electron chi connectivity index (χ1n) is 6.15. The van der Waals surface area contributed by atoms with E-state index in [2.05, 4.69) is 34.9 Å². The van der Waals surface area contributed by atoms with Crippen molar-refractivity contribution in [3.63, 3.8) is 0 Å². The SMILES string of the molecule is CCN(CCCN(C)C)C(=O)c1cc(C)c(Br)s1. The molecular weight excluding hydrogens is 312 g/mol. The second-order valence-electron chi connectivity index (χ2n) is 4.61. The van der Waals surface area contributed by atoms with Crippen molar-refractivity contribution in [2.24, 2.45) is 0 Å². The molecule has 0 spiro atoms. The molecule has 0 aliphatic heterocycles. The maximum Gasteiger partial charge on any atom is 0.263 e. The molecule has 0 aliphatic carbocycles. The van der Waals surface area contributed by atoms with Crippen molar-refractivity contribution in [1.82, 2.24) is 9.80 Å². The number of hydrogen-bond donors (Lipinski definition) is 0. The van der Waals surface area contributed by atoms with Gasteiger partial charge in [-0.2, -0.15) is 0 Å². The van der Waals surface area contributed by atoms with Gasteiger partial charge in [0.2, 0.25) is 0 Å². The van der Waals surface area contributed by atoms with Crippen molar-refractivity contribution in [2.75, 3.05) is 33.7 Å². The standard InChI is InChI=1S/C13H21BrN2OS/c1-5-16(8-6-7-15(3)4)13(17)11-9-10(2)12(14)18-11/h9H,5-8H2,1-4H3. The molecule has 3 nitrogen and oxygen atoms in total. The van der Waals surface area contributed by atoms with Crippen molar-refractivity contribution < 1.29 is 4.79 Å². The Hall–Kier alpha value is -0.390. The van der Waals surface area contributed by atoms with Gasteiger partial charge in [0.15, 0.2) is 0 Å². The van der Waals surface area contributed by atoms with Gasteiger partial charge in [-0.1, -0.05) is 0 Å². The van der Waals surface area contributed by atoms with Crippen molar-refractivity contribution >= 4 is 33.2 Å². The van der Waals surface area contributed by atoms with Crippen LogP contribution in [0, 0.1) is 6.92 Å². The Bertz CT molecular complexity index is 384. The van der Waals surface area contributed by atoms with Crippen LogP contribution in [0.3, 0.4) is 0 Å². The van der Waals surface area contributed by atoms with E-state index in [0.29, 0.717) is 0 Å². The molecule has 0 aliphatic rings. The van der Waals surface area contributed by atoms with Gasteiger partial charge >= 0.3 is 0 Å². The summed E-state index contributed by atoms with van der Waals surface area (Å²) in [5, 5.41) is 0. The van der Waals surface area contributed by atoms with Gasteiger partial charge in [-0.3, -0.25) is 4.79 Å². The van der Waals surface area contributed by atoms with Gasteiger partial charge in [0.25, 0.3) is 5.91 Å². The highest BCUT2D eigenvalue weighted by Crippen LogP contribution is 2.28. The van der Waals surface area contributed by atoms with E-state index < -0.39 is 0 Å². The monoisotopic (exact) mass is 332 g/mol. The lowest BCUT2D eigenvalue weighted by molar-refractivity contribution is 0.0764. The molecule has 0 saturated carbocycles. The smallest absolute Gasteiger partial charge is 0.263 e. The van der Waals surface area contributed by atoms with E-state index in [9.17, 15) is 4.79 Å². The maximum atomic E-state index is 12.3. The first-order valence-corrected chi connectivity index (χ1v) is 7.76. The molecule has 1 amide bonds. The number of rotatable bonds is 6. The number of halogens is 1. The van der Waals surface area contributed by atoms with Gasteiger partial charge in [-0.05, 0) is 68.5 Å². The molecule has 0 saturated heterocycles. The Morgan fingerprint density at radius 2 is 2.06 bits per heavy atom. The first kappa shape index (κ1) is 15.7. The minimum Gasteiger partial charge on any atom is -0.338 e. The summed E-state index contributed by atoms with van der Waals surface area (Å²) < 4.78 is 1.05. The largest absolute Gasteiger partial charge is 0.338 e. The molecule has 5 heteroatoms. The van der Waals surface area contributed by atoms with E-state index >= 15 is 0 Å². The Morgan fingerprint density at radius 1 is 1.39 bits per heavy atom. The highest BCUT2D eigenvalue weighted by atomic mass is 79.9. The minimum atomic E-state index is 0.148. The van der Waals surface area contributed by atoms with Crippen LogP contribution in [0.15, 0.2) is 9.85 Å². The zero-order valence-corrected chi connectivity index (χ0v) is 13.9. The summed E-state index contributed by atoms with van der Waals surface area (Å²) in [6.07, 6.45) is 1.01. The number of nitrogens with zero attached hydrogens (tertiary/aromatic N) is 2. The summed E-state index contributed by atoms with van der Waals surface area (Å²) in [6.45, 7) is 6.64. The highest BCUT2D eigenvalue weighted by molar-refractivity contribution is 9.11. The Labute approximate surface area is 122 Å². The summed E-state index contributed by atoms with van der Waals surface area (Å²) in [5.41, 5.74) is 1.13. The van der Waals surface area contributed by atoms with E-state index in [1.165, 1.54) is 11.3 Å². The summed E-state index contributed by atoms with van der Waals surface area (Å²) in [7, 11) is 4.11. The first-order chi connectivity index (χ1) is 8.45. The Morgan fingerprint density at radius 3 is 2.50 bits per heavy atom. The van der Waals surface area contributed by atoms with Crippen LogP contribution in [0.4, 0.5) is 0 Å². The van der Waals surface area contributed by atoms with E-state index in [1.54, 1.807) is 0 Å². The van der Waals surface area contributed by atoms with Gasteiger partial charge in [0.05, 0.1) is 8.66 Å². The van der Waals surface area contributed by atoms with Gasteiger partial charge in [-0.25, -0.2) is 0 Å². The molecule has 0 unspecified atom stereocenters. The van der Waals surface area contributed by atoms with Crippen LogP contribution in [0.1, 0.15) is 28.6 Å². The third-order valence-corrected chi connectivity index (χ3v) is 4.89. The quantitative estimate of drug-likeness (QED) is 0.798. The Kier molecular flexibility index (Phi) is 6.32. The minimum absolute atomic E-state index is 0.148. The number of amides is 1. The second kappa shape index (κ2) is 7.26. The second-order valence-corrected chi connectivity index (χ2v) is 6.98. The van der Waals surface area contributed by atoms with Crippen molar-refractivity contribution in [3.8, 4) is 0 Å². The molecule has 1 heterocycles. The molecule has 1 rings (SSSR count). The molecule has 0 bridgehead atoms. The topological polar surface area (TPSA) is 23.6 Å². The number of carbonyl (C=O) groups is 1. The van der Waals surface area contributed by atoms with Crippen molar-refractivity contribution in [3.05, 3.63) is 20.3 Å². The Balaban J connectivity index is 2.61. The lowest BCUT2D eigenvalue weighted by Gasteiger charge is -2.21. The van der Waals surface area contributed by atoms with E-state index in [1.807, 2.05) is 24.8 Å². The van der Waals surface area contributed by atoms with Gasteiger partial charge in [-0.15, -0.1) is 11.3 Å². The summed E-state index contributed by atoms with van der Waals surface area (Å²) >= 11 is 4.99. The molecule has 0 aromatic carbocycles. The molecule has 0 N–H and O–H groups in total. The van der Waals surface area contributed by atoms with E-state index in [4.69, 9.17) is 0 Å². The van der Waals surface area contributed by atoms with Crippen LogP contribution in [-0.2, 0) is 0 Å². The predicted molar refractivity (Wildman–Crippen MR) is 81.5 cm³/mol. The van der Waals surface area contributed by atoms with Gasteiger partial charge in [0, 0.05) is 13.1 Å². The molecular formula is C13H21BrN2OS. The van der Waals surface area contributed by atoms with Crippen LogP contribution in [0.5, 0.6) is 0 Å². The molecule has 0 radical (unpaired) electrons. The zero-order valence-electron chi connectivity index (χ0n) is 11.5. The van der Waals surface area contributed by atoms with Crippen LogP contribution in [-0.4, -0.2) is 49.4 Å². The maximum absolute atomic E-state index is 12.3. The molecule has 1 aromatic rings. The van der Waals surface area contributed by atoms with Crippen molar-refractivity contribution in [2.45, 2.75) is 20.3 Å². The normalized spacial score (nSPS) is 11.0. The number of carbonyl (C=O) groups excluding carboxylic acids is 1. The van der Waals surface area contributed by atoms with Crippen LogP contribution in [0.25, 0.3) is 0 Å². The average Bonchev–Trinajstić information content (AvgIpc) is 2.64. The van der Waals surface area contributed by atoms with Crippen LogP contribution in [0.2, 0.25) is 0 Å². The molecule has 0 atom stereocenters. The fourth-order valence-electron chi connectivity index (χ4n) is 1.70.